The number of amides is 5. The van der Waals surface area contributed by atoms with Crippen LogP contribution in [0.2, 0.25) is 0 Å². The van der Waals surface area contributed by atoms with Gasteiger partial charge in [0.05, 0.1) is 48.6 Å². The summed E-state index contributed by atoms with van der Waals surface area (Å²) in [5.41, 5.74) is 5.83. The lowest BCUT2D eigenvalue weighted by Crippen LogP contribution is -2.63. The number of hydrogen-bond acceptors (Lipinski definition) is 18. The summed E-state index contributed by atoms with van der Waals surface area (Å²) in [6.07, 6.45) is -7.00. The van der Waals surface area contributed by atoms with E-state index in [1.165, 1.54) is 37.6 Å². The number of nitrogens with two attached hydrogens (primary N) is 1. The van der Waals surface area contributed by atoms with Gasteiger partial charge >= 0.3 is 0 Å². The molecule has 3 aliphatic heterocycles. The second-order valence-corrected chi connectivity index (χ2v) is 23.2. The lowest BCUT2D eigenvalue weighted by molar-refractivity contribution is -0.149. The second-order valence-electron chi connectivity index (χ2n) is 23.2. The van der Waals surface area contributed by atoms with Gasteiger partial charge in [-0.15, -0.1) is 0 Å². The summed E-state index contributed by atoms with van der Waals surface area (Å²) in [5.74, 6) is -8.72. The Morgan fingerprint density at radius 1 is 0.750 bits per heavy atom. The van der Waals surface area contributed by atoms with E-state index in [1.807, 2.05) is 13.8 Å². The van der Waals surface area contributed by atoms with E-state index in [4.69, 9.17) is 5.73 Å². The Labute approximate surface area is 471 Å². The molecule has 4 rings (SSSR count). The van der Waals surface area contributed by atoms with Gasteiger partial charge in [-0.25, -0.2) is 0 Å². The van der Waals surface area contributed by atoms with Crippen LogP contribution in [0.5, 0.6) is 5.75 Å². The molecular weight excluding hydrogens is 1040 g/mol. The average Bonchev–Trinajstić information content (AvgIpc) is 4.12. The van der Waals surface area contributed by atoms with Gasteiger partial charge in [0.1, 0.15) is 41.9 Å². The largest absolute Gasteiger partial charge is 0.508 e. The highest BCUT2D eigenvalue weighted by Gasteiger charge is 2.49. The third-order valence-electron chi connectivity index (χ3n) is 16.0. The Hall–Kier alpha value is -4.69. The standard InChI is InChI=1S/C57H96N8O15/c1-7-33(4)26-34(5)14-12-10-8-9-11-13-15-39(68)27-37-28-46(73)52(60-24-22-58)63-55(78)49-44(71)21-25-64(49)57(80)48(43(70)20-23-59-32(2)3)62-54(77)41(51(75)50(74)36-16-18-38(67)19-17-36)30-45(72)42-29-40(69)31-65(42)56(79)47(35(6)66)61-53(37)76/h16-19,32-35,37,40-44,46-52,59-60,66-67,69-71,73-75H,7-15,20-31,58H2,1-6H3,(H,61,76)(H,62,77)(H,63,78)/t33-,34+,35+,37-,40+,41-,42-,43+,44-,46+,47-,48-,49-,50-,51-,52-/m0/s1. The van der Waals surface area contributed by atoms with Crippen molar-refractivity contribution in [2.45, 2.75) is 223 Å². The number of phenols is 1. The number of aromatic hydroxyl groups is 1. The number of nitrogens with one attached hydrogen (secondary N) is 5. The first-order valence-electron chi connectivity index (χ1n) is 29.2. The number of phenolic OH excluding ortho intramolecular Hbond substituents is 1. The molecule has 0 unspecified atom stereocenters. The van der Waals surface area contributed by atoms with E-state index in [9.17, 15) is 74.4 Å². The summed E-state index contributed by atoms with van der Waals surface area (Å²) in [4.78, 5) is 103. The van der Waals surface area contributed by atoms with E-state index in [-0.39, 0.29) is 68.6 Å². The monoisotopic (exact) mass is 1130 g/mol. The number of Topliss-reactive ketones (excluding diaryl/α,β-unsaturated/α-hetero) is 2. The minimum Gasteiger partial charge on any atom is -0.508 e. The van der Waals surface area contributed by atoms with E-state index in [1.54, 1.807) is 0 Å². The van der Waals surface area contributed by atoms with Crippen LogP contribution in [0.25, 0.3) is 0 Å². The molecule has 1 aromatic carbocycles. The third kappa shape index (κ3) is 20.3. The summed E-state index contributed by atoms with van der Waals surface area (Å²) >= 11 is 0. The molecule has 0 spiro atoms. The number of ketones is 2. The molecule has 5 amide bonds. The first-order chi connectivity index (χ1) is 37.9. The second kappa shape index (κ2) is 33.4. The van der Waals surface area contributed by atoms with Crippen LogP contribution in [0.1, 0.15) is 156 Å². The van der Waals surface area contributed by atoms with Crippen LogP contribution in [-0.4, -0.2) is 197 Å². The summed E-state index contributed by atoms with van der Waals surface area (Å²) in [6, 6.07) is -2.10. The van der Waals surface area contributed by atoms with Crippen molar-refractivity contribution in [2.75, 3.05) is 32.7 Å². The maximum Gasteiger partial charge on any atom is 0.248 e. The smallest absolute Gasteiger partial charge is 0.248 e. The number of nitrogens with zero attached hydrogens (tertiary/aromatic N) is 2. The molecule has 3 saturated heterocycles. The van der Waals surface area contributed by atoms with Gasteiger partial charge < -0.3 is 77.7 Å². The van der Waals surface area contributed by atoms with Crippen molar-refractivity contribution in [1.29, 1.82) is 0 Å². The Kier molecular flexibility index (Phi) is 28.3. The van der Waals surface area contributed by atoms with Gasteiger partial charge in [0, 0.05) is 63.8 Å². The minimum absolute atomic E-state index is 0.00295. The Bertz CT molecular complexity index is 2140. The SMILES string of the molecule is CC[C@H](C)C[C@H](C)CCCCCCCCC(=O)C[C@H]1C[C@@H](O)[C@@H](NCCN)NC(=O)[C@@H]2[C@@H](O)CCN2C(=O)[C@H]([C@H](O)CCNC(C)C)NC(=O)[C@H]([C@H](O)[C@@H](O)c2ccc(O)cc2)CC(=O)[C@@H]2C[C@@H](O)CN2C(=O)[C@H]([C@@H](C)O)NC1=O. The number of hydrogen-bond donors (Lipinski definition) is 14. The Morgan fingerprint density at radius 3 is 2.02 bits per heavy atom. The highest BCUT2D eigenvalue weighted by Crippen LogP contribution is 2.31. The Balaban J connectivity index is 1.75. The van der Waals surface area contributed by atoms with Crippen molar-refractivity contribution in [2.24, 2.45) is 29.4 Å². The molecule has 15 N–H and O–H groups in total. The van der Waals surface area contributed by atoms with Crippen LogP contribution in [0, 0.1) is 23.7 Å². The molecule has 0 aromatic heterocycles. The molecular formula is C57H96N8O15. The molecule has 16 atom stereocenters. The molecule has 3 heterocycles. The zero-order chi connectivity index (χ0) is 59.4. The quantitative estimate of drug-likeness (QED) is 0.0539. The predicted octanol–water partition coefficient (Wildman–Crippen LogP) is -0.0914. The molecule has 0 aliphatic carbocycles. The number of benzene rings is 1. The van der Waals surface area contributed by atoms with Gasteiger partial charge in [-0.3, -0.25) is 38.9 Å². The lowest BCUT2D eigenvalue weighted by Gasteiger charge is -2.35. The van der Waals surface area contributed by atoms with Gasteiger partial charge in [-0.1, -0.05) is 91.7 Å². The molecule has 0 bridgehead atoms. The van der Waals surface area contributed by atoms with E-state index in [2.05, 4.69) is 47.4 Å². The molecule has 80 heavy (non-hydrogen) atoms. The van der Waals surface area contributed by atoms with Crippen LogP contribution in [0.15, 0.2) is 24.3 Å². The number of fused-ring (bicyclic) bond motifs is 2. The van der Waals surface area contributed by atoms with E-state index in [0.29, 0.717) is 18.3 Å². The first-order valence-corrected chi connectivity index (χ1v) is 29.2. The molecule has 3 aliphatic rings. The molecule has 1 aromatic rings. The van der Waals surface area contributed by atoms with Crippen LogP contribution < -0.4 is 32.3 Å². The number of aliphatic hydroxyl groups excluding tert-OH is 7. The molecule has 0 saturated carbocycles. The first kappa shape index (κ1) is 67.8. The zero-order valence-electron chi connectivity index (χ0n) is 47.9. The van der Waals surface area contributed by atoms with Gasteiger partial charge in [0.25, 0.3) is 0 Å². The maximum atomic E-state index is 14.9. The van der Waals surface area contributed by atoms with Crippen LogP contribution in [0.3, 0.4) is 0 Å². The Morgan fingerprint density at radius 2 is 1.39 bits per heavy atom. The summed E-state index contributed by atoms with van der Waals surface area (Å²) < 4.78 is 0. The predicted molar refractivity (Wildman–Crippen MR) is 297 cm³/mol. The molecule has 3 fully saturated rings. The number of rotatable bonds is 26. The van der Waals surface area contributed by atoms with Gasteiger partial charge in [-0.2, -0.15) is 0 Å². The number of carbonyl (C=O) groups excluding carboxylic acids is 7. The molecule has 454 valence electrons. The van der Waals surface area contributed by atoms with Crippen LogP contribution in [0.4, 0.5) is 0 Å². The molecule has 0 radical (unpaired) electrons. The molecule has 23 heteroatoms. The lowest BCUT2D eigenvalue weighted by atomic mass is 9.86. The highest BCUT2D eigenvalue weighted by molar-refractivity contribution is 5.98. The van der Waals surface area contributed by atoms with E-state index < -0.39 is 152 Å². The zero-order valence-corrected chi connectivity index (χ0v) is 47.9. The summed E-state index contributed by atoms with van der Waals surface area (Å²) in [7, 11) is 0. The third-order valence-corrected chi connectivity index (χ3v) is 16.0. The van der Waals surface area contributed by atoms with Crippen molar-refractivity contribution in [1.82, 2.24) is 36.4 Å². The van der Waals surface area contributed by atoms with E-state index in [0.717, 1.165) is 54.7 Å². The van der Waals surface area contributed by atoms with Crippen molar-refractivity contribution < 1.29 is 74.4 Å². The van der Waals surface area contributed by atoms with Crippen molar-refractivity contribution in [3.05, 3.63) is 29.8 Å². The maximum absolute atomic E-state index is 14.9. The fourth-order valence-electron chi connectivity index (χ4n) is 11.1. The van der Waals surface area contributed by atoms with E-state index >= 15 is 0 Å². The van der Waals surface area contributed by atoms with Crippen LogP contribution >= 0.6 is 0 Å². The normalized spacial score (nSPS) is 28.2. The summed E-state index contributed by atoms with van der Waals surface area (Å²) in [6.45, 7) is 11.0. The average molecular weight is 1130 g/mol. The van der Waals surface area contributed by atoms with Gasteiger partial charge in [0.2, 0.25) is 29.5 Å². The van der Waals surface area contributed by atoms with Crippen molar-refractivity contribution in [3.63, 3.8) is 0 Å². The number of aliphatic hydroxyl groups is 7. The van der Waals surface area contributed by atoms with Crippen molar-refractivity contribution >= 4 is 41.1 Å². The number of unbranched alkanes of at least 4 members (excludes halogenated alkanes) is 5. The topological polar surface area (TPSA) is 374 Å². The van der Waals surface area contributed by atoms with Gasteiger partial charge in [0.15, 0.2) is 5.78 Å². The van der Waals surface area contributed by atoms with Crippen LogP contribution in [-0.2, 0) is 33.6 Å². The minimum atomic E-state index is -2.15. The fourth-order valence-corrected chi connectivity index (χ4v) is 11.1. The highest BCUT2D eigenvalue weighted by atomic mass is 16.3. The summed E-state index contributed by atoms with van der Waals surface area (Å²) in [5, 5.41) is 104. The van der Waals surface area contributed by atoms with Crippen molar-refractivity contribution in [3.8, 4) is 5.75 Å². The van der Waals surface area contributed by atoms with Gasteiger partial charge in [-0.05, 0) is 75.1 Å². The number of carbonyl (C=O) groups is 7. The fraction of sp³-hybridized carbons (Fsp3) is 0.772. The molecule has 23 nitrogen and oxygen atoms in total.